The van der Waals surface area contributed by atoms with E-state index in [-0.39, 0.29) is 4.90 Å². The van der Waals surface area contributed by atoms with E-state index in [0.29, 0.717) is 10.2 Å². The number of fused-ring (bicyclic) bond motifs is 1. The van der Waals surface area contributed by atoms with Gasteiger partial charge in [-0.3, -0.25) is 4.72 Å². The Morgan fingerprint density at radius 3 is 2.29 bits per heavy atom. The maximum atomic E-state index is 12.5. The third-order valence-corrected chi connectivity index (χ3v) is 5.54. The molecule has 5 heteroatoms. The molecule has 0 unspecified atom stereocenters. The lowest BCUT2D eigenvalue weighted by atomic mass is 10.1. The zero-order chi connectivity index (χ0) is 14.9. The number of nitrogens with one attached hydrogen (secondary N) is 1. The van der Waals surface area contributed by atoms with Crippen molar-refractivity contribution in [3.63, 3.8) is 0 Å². The smallest absolute Gasteiger partial charge is 0.263 e. The van der Waals surface area contributed by atoms with Gasteiger partial charge in [0.25, 0.3) is 10.0 Å². The number of halogens is 1. The third-order valence-electron chi connectivity index (χ3n) is 3.16. The summed E-state index contributed by atoms with van der Waals surface area (Å²) in [4.78, 5) is 0.220. The van der Waals surface area contributed by atoms with E-state index in [1.165, 1.54) is 0 Å². The summed E-state index contributed by atoms with van der Waals surface area (Å²) >= 11 is 3.28. The van der Waals surface area contributed by atoms with Crippen LogP contribution in [0.4, 0.5) is 5.69 Å². The summed E-state index contributed by atoms with van der Waals surface area (Å²) in [6.45, 7) is 0. The van der Waals surface area contributed by atoms with Crippen LogP contribution in [0.1, 0.15) is 0 Å². The Balaban J connectivity index is 2.08. The van der Waals surface area contributed by atoms with Crippen LogP contribution >= 0.6 is 15.9 Å². The van der Waals surface area contributed by atoms with E-state index < -0.39 is 10.0 Å². The molecule has 106 valence electrons. The molecule has 0 aromatic heterocycles. The van der Waals surface area contributed by atoms with Gasteiger partial charge in [-0.25, -0.2) is 8.42 Å². The molecule has 0 aliphatic heterocycles. The van der Waals surface area contributed by atoms with Gasteiger partial charge in [0.2, 0.25) is 0 Å². The fourth-order valence-corrected chi connectivity index (χ4v) is 4.26. The van der Waals surface area contributed by atoms with Crippen molar-refractivity contribution in [2.75, 3.05) is 4.72 Å². The lowest BCUT2D eigenvalue weighted by Gasteiger charge is -2.11. The number of hydrogen-bond acceptors (Lipinski definition) is 2. The van der Waals surface area contributed by atoms with Crippen molar-refractivity contribution < 1.29 is 8.42 Å². The van der Waals surface area contributed by atoms with Crippen molar-refractivity contribution in [2.45, 2.75) is 4.90 Å². The van der Waals surface area contributed by atoms with Gasteiger partial charge in [0, 0.05) is 9.86 Å². The highest BCUT2D eigenvalue weighted by atomic mass is 79.9. The zero-order valence-corrected chi connectivity index (χ0v) is 13.4. The van der Waals surface area contributed by atoms with Gasteiger partial charge in [-0.2, -0.15) is 0 Å². The van der Waals surface area contributed by atoms with Gasteiger partial charge in [-0.15, -0.1) is 0 Å². The normalized spacial score (nSPS) is 11.5. The van der Waals surface area contributed by atoms with Gasteiger partial charge >= 0.3 is 0 Å². The first kappa shape index (κ1) is 14.1. The number of rotatable bonds is 3. The summed E-state index contributed by atoms with van der Waals surface area (Å²) in [5, 5.41) is 1.86. The largest absolute Gasteiger partial charge is 0.279 e. The van der Waals surface area contributed by atoms with Crippen LogP contribution in [0.15, 0.2) is 76.1 Å². The quantitative estimate of drug-likeness (QED) is 0.751. The average molecular weight is 362 g/mol. The van der Waals surface area contributed by atoms with Crippen molar-refractivity contribution in [2.24, 2.45) is 0 Å². The number of sulfonamides is 1. The minimum atomic E-state index is -3.63. The minimum Gasteiger partial charge on any atom is -0.279 e. The fourth-order valence-electron chi connectivity index (χ4n) is 2.18. The Morgan fingerprint density at radius 1 is 0.810 bits per heavy atom. The zero-order valence-electron chi connectivity index (χ0n) is 11.0. The van der Waals surface area contributed by atoms with Crippen molar-refractivity contribution in [1.29, 1.82) is 0 Å². The van der Waals surface area contributed by atoms with E-state index in [1.54, 1.807) is 30.3 Å². The van der Waals surface area contributed by atoms with Gasteiger partial charge in [-0.05, 0) is 39.5 Å². The second-order valence-corrected chi connectivity index (χ2v) is 7.07. The Hall–Kier alpha value is -1.85. The molecule has 0 bridgehead atoms. The van der Waals surface area contributed by atoms with E-state index >= 15 is 0 Å². The SMILES string of the molecule is O=S(=O)(Nc1cccc2ccccc12)c1ccccc1Br. The molecular weight excluding hydrogens is 350 g/mol. The van der Waals surface area contributed by atoms with E-state index in [2.05, 4.69) is 20.7 Å². The summed E-state index contributed by atoms with van der Waals surface area (Å²) in [6, 6.07) is 20.0. The maximum absolute atomic E-state index is 12.5. The Labute approximate surface area is 131 Å². The van der Waals surface area contributed by atoms with Gasteiger partial charge in [0.05, 0.1) is 5.69 Å². The Bertz CT molecular complexity index is 902. The summed E-state index contributed by atoms with van der Waals surface area (Å²) in [6.07, 6.45) is 0. The molecule has 0 radical (unpaired) electrons. The van der Waals surface area contributed by atoms with Crippen molar-refractivity contribution in [3.8, 4) is 0 Å². The summed E-state index contributed by atoms with van der Waals surface area (Å²) < 4.78 is 28.3. The molecule has 3 aromatic carbocycles. The lowest BCUT2D eigenvalue weighted by molar-refractivity contribution is 0.601. The topological polar surface area (TPSA) is 46.2 Å². The van der Waals surface area contributed by atoms with Crippen LogP contribution in [0, 0.1) is 0 Å². The number of benzene rings is 3. The molecule has 0 atom stereocenters. The molecule has 3 rings (SSSR count). The molecule has 0 saturated heterocycles. The first-order chi connectivity index (χ1) is 10.1. The van der Waals surface area contributed by atoms with E-state index in [1.807, 2.05) is 36.4 Å². The van der Waals surface area contributed by atoms with E-state index in [0.717, 1.165) is 10.8 Å². The summed E-state index contributed by atoms with van der Waals surface area (Å²) in [5.74, 6) is 0. The van der Waals surface area contributed by atoms with Crippen LogP contribution < -0.4 is 4.72 Å². The third kappa shape index (κ3) is 2.80. The first-order valence-corrected chi connectivity index (χ1v) is 8.61. The molecule has 0 spiro atoms. The highest BCUT2D eigenvalue weighted by Crippen LogP contribution is 2.28. The van der Waals surface area contributed by atoms with E-state index in [9.17, 15) is 8.42 Å². The highest BCUT2D eigenvalue weighted by molar-refractivity contribution is 9.10. The minimum absolute atomic E-state index is 0.220. The molecule has 0 aliphatic carbocycles. The molecule has 0 amide bonds. The Morgan fingerprint density at radius 2 is 1.48 bits per heavy atom. The molecular formula is C16H12BrNO2S. The van der Waals surface area contributed by atoms with E-state index in [4.69, 9.17) is 0 Å². The maximum Gasteiger partial charge on any atom is 0.263 e. The van der Waals surface area contributed by atoms with Crippen molar-refractivity contribution in [1.82, 2.24) is 0 Å². The highest BCUT2D eigenvalue weighted by Gasteiger charge is 2.17. The number of hydrogen-bond donors (Lipinski definition) is 1. The van der Waals surface area contributed by atoms with Crippen LogP contribution in [0.2, 0.25) is 0 Å². The van der Waals surface area contributed by atoms with Gasteiger partial charge in [0.1, 0.15) is 4.90 Å². The molecule has 3 aromatic rings. The molecule has 3 nitrogen and oxygen atoms in total. The first-order valence-electron chi connectivity index (χ1n) is 6.33. The van der Waals surface area contributed by atoms with Gasteiger partial charge < -0.3 is 0 Å². The predicted molar refractivity (Wildman–Crippen MR) is 88.9 cm³/mol. The molecule has 0 heterocycles. The van der Waals surface area contributed by atoms with Crippen LogP contribution in [-0.4, -0.2) is 8.42 Å². The van der Waals surface area contributed by atoms with Gasteiger partial charge in [0.15, 0.2) is 0 Å². The molecule has 0 fully saturated rings. The lowest BCUT2D eigenvalue weighted by Crippen LogP contribution is -2.13. The Kier molecular flexibility index (Phi) is 3.69. The monoisotopic (exact) mass is 361 g/mol. The fraction of sp³-hybridized carbons (Fsp3) is 0. The number of anilines is 1. The average Bonchev–Trinajstić information content (AvgIpc) is 2.47. The van der Waals surface area contributed by atoms with Gasteiger partial charge in [-0.1, -0.05) is 48.5 Å². The summed E-state index contributed by atoms with van der Waals surface area (Å²) in [5.41, 5.74) is 0.573. The standard InChI is InChI=1S/C16H12BrNO2S/c17-14-9-3-4-11-16(14)21(19,20)18-15-10-5-7-12-6-1-2-8-13(12)15/h1-11,18H. The van der Waals surface area contributed by atoms with Crippen LogP contribution in [0.5, 0.6) is 0 Å². The summed E-state index contributed by atoms with van der Waals surface area (Å²) in [7, 11) is -3.63. The molecule has 21 heavy (non-hydrogen) atoms. The molecule has 1 N–H and O–H groups in total. The predicted octanol–water partition coefficient (Wildman–Crippen LogP) is 4.40. The van der Waals surface area contributed by atoms with Crippen molar-refractivity contribution in [3.05, 3.63) is 71.2 Å². The van der Waals surface area contributed by atoms with Crippen LogP contribution in [0.25, 0.3) is 10.8 Å². The molecule has 0 saturated carbocycles. The van der Waals surface area contributed by atoms with Crippen LogP contribution in [0.3, 0.4) is 0 Å². The van der Waals surface area contributed by atoms with Crippen LogP contribution in [-0.2, 0) is 10.0 Å². The van der Waals surface area contributed by atoms with Crippen molar-refractivity contribution >= 4 is 42.4 Å². The molecule has 0 aliphatic rings. The second kappa shape index (κ2) is 5.50. The second-order valence-electron chi connectivity index (χ2n) is 4.56.